The molecule has 1 N–H and O–H groups in total. The molecule has 0 amide bonds. The Morgan fingerprint density at radius 1 is 1.43 bits per heavy atom. The second-order valence-electron chi connectivity index (χ2n) is 6.10. The van der Waals surface area contributed by atoms with Crippen LogP contribution in [0, 0.1) is 0 Å². The van der Waals surface area contributed by atoms with Crippen molar-refractivity contribution in [2.75, 3.05) is 6.54 Å². The lowest BCUT2D eigenvalue weighted by Crippen LogP contribution is -2.33. The number of rotatable bonds is 5. The summed E-state index contributed by atoms with van der Waals surface area (Å²) in [5, 5.41) is 5.66. The number of nitrogens with one attached hydrogen (secondary N) is 1. The van der Waals surface area contributed by atoms with Crippen LogP contribution in [0.2, 0.25) is 0 Å². The Balaban J connectivity index is 1.69. The van der Waals surface area contributed by atoms with E-state index in [0.29, 0.717) is 12.1 Å². The zero-order valence-electron chi connectivity index (χ0n) is 13.1. The summed E-state index contributed by atoms with van der Waals surface area (Å²) in [7, 11) is 0. The van der Waals surface area contributed by atoms with Crippen LogP contribution >= 0.6 is 11.3 Å². The van der Waals surface area contributed by atoms with E-state index in [1.807, 2.05) is 17.6 Å². The third-order valence-corrected chi connectivity index (χ3v) is 5.28. The third-order valence-electron chi connectivity index (χ3n) is 4.29. The highest BCUT2D eigenvalue weighted by molar-refractivity contribution is 7.10. The predicted molar refractivity (Wildman–Crippen MR) is 87.5 cm³/mol. The number of hydrogen-bond donors (Lipinski definition) is 1. The maximum Gasteiger partial charge on any atom is 0.122 e. The number of thiophene rings is 1. The molecule has 0 saturated carbocycles. The molecule has 0 radical (unpaired) electrons. The Hall–Kier alpha value is -1.10. The second kappa shape index (κ2) is 6.34. The summed E-state index contributed by atoms with van der Waals surface area (Å²) in [6.45, 7) is 9.56. The van der Waals surface area contributed by atoms with Crippen molar-refractivity contribution in [1.29, 1.82) is 0 Å². The number of fused-ring (bicyclic) bond motifs is 1. The van der Waals surface area contributed by atoms with Crippen molar-refractivity contribution in [1.82, 2.24) is 10.2 Å². The van der Waals surface area contributed by atoms with Crippen LogP contribution in [0.15, 0.2) is 28.2 Å². The molecule has 1 atom stereocenters. The molecule has 2 aromatic rings. The molecule has 0 fully saturated rings. The topological polar surface area (TPSA) is 28.4 Å². The smallest absolute Gasteiger partial charge is 0.122 e. The third kappa shape index (κ3) is 3.23. The van der Waals surface area contributed by atoms with Crippen LogP contribution in [0.3, 0.4) is 0 Å². The van der Waals surface area contributed by atoms with Gasteiger partial charge in [0.15, 0.2) is 0 Å². The highest BCUT2D eigenvalue weighted by Crippen LogP contribution is 2.34. The number of nitrogens with zero attached hydrogens (tertiary/aromatic N) is 1. The van der Waals surface area contributed by atoms with E-state index >= 15 is 0 Å². The average molecular weight is 304 g/mol. The maximum atomic E-state index is 5.66. The first kappa shape index (κ1) is 14.8. The minimum Gasteiger partial charge on any atom is -0.468 e. The molecule has 0 aromatic carbocycles. The molecule has 4 heteroatoms. The Morgan fingerprint density at radius 2 is 2.29 bits per heavy atom. The van der Waals surface area contributed by atoms with Gasteiger partial charge in [-0.25, -0.2) is 0 Å². The summed E-state index contributed by atoms with van der Waals surface area (Å²) in [5.74, 6) is 1.08. The van der Waals surface area contributed by atoms with E-state index < -0.39 is 0 Å². The predicted octanol–water partition coefficient (Wildman–Crippen LogP) is 3.96. The van der Waals surface area contributed by atoms with Gasteiger partial charge in [-0.15, -0.1) is 11.3 Å². The van der Waals surface area contributed by atoms with E-state index in [1.165, 1.54) is 17.5 Å². The molecule has 3 nitrogen and oxygen atoms in total. The van der Waals surface area contributed by atoms with E-state index in [1.54, 1.807) is 4.88 Å². The van der Waals surface area contributed by atoms with Gasteiger partial charge in [0, 0.05) is 35.6 Å². The number of hydrogen-bond acceptors (Lipinski definition) is 4. The molecule has 1 aliphatic heterocycles. The highest BCUT2D eigenvalue weighted by atomic mass is 32.1. The fourth-order valence-corrected chi connectivity index (χ4v) is 3.92. The van der Waals surface area contributed by atoms with Crippen molar-refractivity contribution >= 4 is 11.3 Å². The Labute approximate surface area is 131 Å². The molecule has 0 aliphatic carbocycles. The summed E-state index contributed by atoms with van der Waals surface area (Å²) in [6.07, 6.45) is 2.99. The fraction of sp³-hybridized carbons (Fsp3) is 0.529. The first-order chi connectivity index (χ1) is 10.1. The molecule has 114 valence electrons. The molecule has 1 aliphatic rings. The molecular formula is C17H24N2OS. The van der Waals surface area contributed by atoms with Gasteiger partial charge >= 0.3 is 0 Å². The monoisotopic (exact) mass is 304 g/mol. The van der Waals surface area contributed by atoms with E-state index in [0.717, 1.165) is 25.4 Å². The van der Waals surface area contributed by atoms with Crippen molar-refractivity contribution in [2.45, 2.75) is 52.4 Å². The zero-order valence-corrected chi connectivity index (χ0v) is 13.9. The van der Waals surface area contributed by atoms with Gasteiger partial charge in [-0.05, 0) is 36.4 Å². The van der Waals surface area contributed by atoms with Gasteiger partial charge in [0.1, 0.15) is 5.76 Å². The maximum absolute atomic E-state index is 5.66. The van der Waals surface area contributed by atoms with E-state index in [2.05, 4.69) is 48.5 Å². The molecule has 21 heavy (non-hydrogen) atoms. The summed E-state index contributed by atoms with van der Waals surface area (Å²) < 4.78 is 5.66. The van der Waals surface area contributed by atoms with Crippen molar-refractivity contribution in [3.8, 4) is 0 Å². The van der Waals surface area contributed by atoms with Crippen LogP contribution in [-0.2, 0) is 19.5 Å². The van der Waals surface area contributed by atoms with Crippen LogP contribution in [0.5, 0.6) is 0 Å². The molecule has 3 heterocycles. The lowest BCUT2D eigenvalue weighted by molar-refractivity contribution is 0.190. The zero-order chi connectivity index (χ0) is 14.8. The standard InChI is InChI=1S/C17H24N2OS/c1-12(2)18-10-16-14(5-8-20-16)11-19-7-4-17-15(13(19)3)6-9-21-17/h5-6,8-9,12-13,18H,4,7,10-11H2,1-3H3. The molecule has 3 rings (SSSR count). The van der Waals surface area contributed by atoms with Gasteiger partial charge in [0.2, 0.25) is 0 Å². The average Bonchev–Trinajstić information content (AvgIpc) is 3.09. The van der Waals surface area contributed by atoms with E-state index in [-0.39, 0.29) is 0 Å². The lowest BCUT2D eigenvalue weighted by atomic mass is 10.0. The first-order valence-corrected chi connectivity index (χ1v) is 8.62. The molecule has 1 unspecified atom stereocenters. The molecule has 0 bridgehead atoms. The Morgan fingerprint density at radius 3 is 3.10 bits per heavy atom. The van der Waals surface area contributed by atoms with Crippen molar-refractivity contribution < 1.29 is 4.42 Å². The Bertz CT molecular complexity index is 587. The molecule has 2 aromatic heterocycles. The summed E-state index contributed by atoms with van der Waals surface area (Å²) >= 11 is 1.90. The second-order valence-corrected chi connectivity index (χ2v) is 7.10. The summed E-state index contributed by atoms with van der Waals surface area (Å²) in [6, 6.07) is 5.38. The van der Waals surface area contributed by atoms with Crippen molar-refractivity contribution in [3.05, 3.63) is 45.5 Å². The minimum absolute atomic E-state index is 0.477. The van der Waals surface area contributed by atoms with Crippen LogP contribution in [-0.4, -0.2) is 17.5 Å². The minimum atomic E-state index is 0.477. The van der Waals surface area contributed by atoms with Gasteiger partial charge in [-0.1, -0.05) is 13.8 Å². The lowest BCUT2D eigenvalue weighted by Gasteiger charge is -2.33. The van der Waals surface area contributed by atoms with Crippen molar-refractivity contribution in [3.63, 3.8) is 0 Å². The van der Waals surface area contributed by atoms with Crippen LogP contribution in [0.4, 0.5) is 0 Å². The van der Waals surface area contributed by atoms with E-state index in [4.69, 9.17) is 4.42 Å². The molecule has 0 saturated heterocycles. The van der Waals surface area contributed by atoms with E-state index in [9.17, 15) is 0 Å². The molecule has 0 spiro atoms. The van der Waals surface area contributed by atoms with Gasteiger partial charge < -0.3 is 9.73 Å². The van der Waals surface area contributed by atoms with Crippen LogP contribution in [0.25, 0.3) is 0 Å². The van der Waals surface area contributed by atoms with Gasteiger partial charge in [0.05, 0.1) is 12.8 Å². The highest BCUT2D eigenvalue weighted by Gasteiger charge is 2.25. The summed E-state index contributed by atoms with van der Waals surface area (Å²) in [4.78, 5) is 4.12. The largest absolute Gasteiger partial charge is 0.468 e. The quantitative estimate of drug-likeness (QED) is 0.906. The molecular weight excluding hydrogens is 280 g/mol. The van der Waals surface area contributed by atoms with Gasteiger partial charge in [-0.2, -0.15) is 0 Å². The summed E-state index contributed by atoms with van der Waals surface area (Å²) in [5.41, 5.74) is 2.82. The van der Waals surface area contributed by atoms with Crippen molar-refractivity contribution in [2.24, 2.45) is 0 Å². The van der Waals surface area contributed by atoms with Crippen LogP contribution in [0.1, 0.15) is 48.6 Å². The van der Waals surface area contributed by atoms with Crippen LogP contribution < -0.4 is 5.32 Å². The Kier molecular flexibility index (Phi) is 4.48. The van der Waals surface area contributed by atoms with Gasteiger partial charge in [-0.3, -0.25) is 4.90 Å². The SMILES string of the molecule is CC(C)NCc1occc1CN1CCc2sccc2C1C. The first-order valence-electron chi connectivity index (χ1n) is 7.74. The fourth-order valence-electron chi connectivity index (χ4n) is 2.96. The normalized spacial score (nSPS) is 19.1. The number of furan rings is 1. The van der Waals surface area contributed by atoms with Gasteiger partial charge in [0.25, 0.3) is 0 Å².